The van der Waals surface area contributed by atoms with Crippen molar-refractivity contribution in [3.05, 3.63) is 63.2 Å². The summed E-state index contributed by atoms with van der Waals surface area (Å²) in [5.74, 6) is 1.66. The molecule has 0 aliphatic carbocycles. The molecule has 0 aliphatic heterocycles. The Morgan fingerprint density at radius 2 is 2.23 bits per heavy atom. The monoisotopic (exact) mass is 433 g/mol. The summed E-state index contributed by atoms with van der Waals surface area (Å²) in [4.78, 5) is 16.4. The Morgan fingerprint density at radius 1 is 1.38 bits per heavy atom. The number of rotatable bonds is 6. The highest BCUT2D eigenvalue weighted by Gasteiger charge is 2.08. The fraction of sp³-hybridized carbons (Fsp3) is 0.176. The Hall–Kier alpha value is -2.52. The number of benzene rings is 1. The second kappa shape index (κ2) is 8.24. The lowest BCUT2D eigenvalue weighted by atomic mass is 10.2. The number of ether oxygens (including phenoxy) is 1. The molecule has 0 radical (unpaired) electrons. The summed E-state index contributed by atoms with van der Waals surface area (Å²) in [6, 6.07) is 10.8. The number of hydrogen-bond donors (Lipinski definition) is 2. The van der Waals surface area contributed by atoms with Crippen LogP contribution in [0.15, 0.2) is 47.1 Å². The van der Waals surface area contributed by atoms with E-state index in [1.165, 1.54) is 6.20 Å². The maximum absolute atomic E-state index is 12.2. The minimum Gasteiger partial charge on any atom is -0.439 e. The molecule has 0 bridgehead atoms. The van der Waals surface area contributed by atoms with Crippen LogP contribution in [-0.4, -0.2) is 32.2 Å². The lowest BCUT2D eigenvalue weighted by Crippen LogP contribution is -2.26. The van der Waals surface area contributed by atoms with Gasteiger partial charge >= 0.3 is 0 Å². The molecule has 0 saturated carbocycles. The minimum atomic E-state index is -0.205. The second-order valence-corrected chi connectivity index (χ2v) is 6.76. The summed E-state index contributed by atoms with van der Waals surface area (Å²) in [5, 5.41) is 9.65. The number of hydrogen-bond acceptors (Lipinski definition) is 5. The van der Waals surface area contributed by atoms with Crippen LogP contribution in [0.4, 0.5) is 0 Å². The number of halogens is 1. The van der Waals surface area contributed by atoms with Gasteiger partial charge in [0.15, 0.2) is 4.77 Å². The van der Waals surface area contributed by atoms with Gasteiger partial charge in [0, 0.05) is 36.7 Å². The fourth-order valence-electron chi connectivity index (χ4n) is 2.22. The number of amides is 1. The number of nitrogens with zero attached hydrogens (tertiary/aromatic N) is 3. The Morgan fingerprint density at radius 3 is 2.88 bits per heavy atom. The van der Waals surface area contributed by atoms with Gasteiger partial charge in [-0.15, -0.1) is 0 Å². The molecular formula is C17H16BrN5O2S. The predicted molar refractivity (Wildman–Crippen MR) is 103 cm³/mol. The van der Waals surface area contributed by atoms with Gasteiger partial charge in [-0.1, -0.05) is 22.0 Å². The van der Waals surface area contributed by atoms with E-state index in [2.05, 4.69) is 36.4 Å². The average Bonchev–Trinajstić information content (AvgIpc) is 2.94. The van der Waals surface area contributed by atoms with Gasteiger partial charge in [0.05, 0.1) is 5.56 Å². The first-order valence-electron chi connectivity index (χ1n) is 7.81. The first-order valence-corrected chi connectivity index (χ1v) is 9.01. The molecule has 0 atom stereocenters. The third kappa shape index (κ3) is 4.55. The molecule has 7 nitrogen and oxygen atoms in total. The zero-order valence-electron chi connectivity index (χ0n) is 13.9. The van der Waals surface area contributed by atoms with Gasteiger partial charge in [0.1, 0.15) is 11.6 Å². The van der Waals surface area contributed by atoms with Crippen LogP contribution in [0, 0.1) is 4.77 Å². The Balaban J connectivity index is 1.55. The highest BCUT2D eigenvalue weighted by atomic mass is 79.9. The van der Waals surface area contributed by atoms with E-state index in [9.17, 15) is 4.79 Å². The molecule has 0 saturated heterocycles. The third-order valence-electron chi connectivity index (χ3n) is 3.62. The van der Waals surface area contributed by atoms with Crippen LogP contribution < -0.4 is 10.1 Å². The molecule has 9 heteroatoms. The van der Waals surface area contributed by atoms with Gasteiger partial charge in [-0.25, -0.2) is 4.98 Å². The van der Waals surface area contributed by atoms with E-state index in [1.54, 1.807) is 16.7 Å². The molecule has 134 valence electrons. The summed E-state index contributed by atoms with van der Waals surface area (Å²) in [6.07, 6.45) is 2.06. The van der Waals surface area contributed by atoms with E-state index >= 15 is 0 Å². The molecule has 2 heterocycles. The number of pyridine rings is 1. The van der Waals surface area contributed by atoms with Crippen molar-refractivity contribution in [2.24, 2.45) is 7.05 Å². The molecule has 3 aromatic rings. The number of aromatic amines is 1. The van der Waals surface area contributed by atoms with Crippen LogP contribution in [0.5, 0.6) is 11.6 Å². The molecule has 3 rings (SSSR count). The number of nitrogens with one attached hydrogen (secondary N) is 2. The first-order chi connectivity index (χ1) is 12.5. The molecule has 0 fully saturated rings. The van der Waals surface area contributed by atoms with Crippen LogP contribution in [0.2, 0.25) is 0 Å². The molecular weight excluding hydrogens is 418 g/mol. The summed E-state index contributed by atoms with van der Waals surface area (Å²) in [6.45, 7) is 0.447. The number of carbonyl (C=O) groups is 1. The van der Waals surface area contributed by atoms with Crippen molar-refractivity contribution in [1.29, 1.82) is 0 Å². The van der Waals surface area contributed by atoms with Crippen molar-refractivity contribution in [2.45, 2.75) is 6.42 Å². The van der Waals surface area contributed by atoms with Crippen LogP contribution >= 0.6 is 28.1 Å². The van der Waals surface area contributed by atoms with E-state index in [-0.39, 0.29) is 5.91 Å². The molecule has 0 aliphatic rings. The Bertz CT molecular complexity index is 968. The number of carbonyl (C=O) groups excluding carboxylic acids is 1. The lowest BCUT2D eigenvalue weighted by Gasteiger charge is -2.07. The van der Waals surface area contributed by atoms with Gasteiger partial charge in [0.2, 0.25) is 5.88 Å². The SMILES string of the molecule is Cn1c(CCNC(=O)c2ccc(Oc3cccc(Br)c3)nc2)n[nH]c1=S. The molecule has 0 unspecified atom stereocenters. The summed E-state index contributed by atoms with van der Waals surface area (Å²) >= 11 is 8.44. The molecule has 1 aromatic carbocycles. The van der Waals surface area contributed by atoms with Gasteiger partial charge in [-0.05, 0) is 36.5 Å². The lowest BCUT2D eigenvalue weighted by molar-refractivity contribution is 0.0953. The summed E-state index contributed by atoms with van der Waals surface area (Å²) in [7, 11) is 1.83. The smallest absolute Gasteiger partial charge is 0.252 e. The largest absolute Gasteiger partial charge is 0.439 e. The van der Waals surface area contributed by atoms with Gasteiger partial charge in [-0.3, -0.25) is 9.89 Å². The molecule has 0 spiro atoms. The molecule has 1 amide bonds. The zero-order valence-corrected chi connectivity index (χ0v) is 16.3. The highest BCUT2D eigenvalue weighted by Crippen LogP contribution is 2.22. The fourth-order valence-corrected chi connectivity index (χ4v) is 2.75. The van der Waals surface area contributed by atoms with E-state index < -0.39 is 0 Å². The van der Waals surface area contributed by atoms with Crippen LogP contribution in [0.25, 0.3) is 0 Å². The third-order valence-corrected chi connectivity index (χ3v) is 4.48. The molecule has 2 N–H and O–H groups in total. The highest BCUT2D eigenvalue weighted by molar-refractivity contribution is 9.10. The zero-order chi connectivity index (χ0) is 18.5. The van der Waals surface area contributed by atoms with E-state index in [4.69, 9.17) is 17.0 Å². The molecule has 2 aromatic heterocycles. The van der Waals surface area contributed by atoms with E-state index in [0.717, 1.165) is 10.3 Å². The van der Waals surface area contributed by atoms with Crippen LogP contribution in [0.3, 0.4) is 0 Å². The molecule has 26 heavy (non-hydrogen) atoms. The summed E-state index contributed by atoms with van der Waals surface area (Å²) in [5.41, 5.74) is 0.460. The maximum Gasteiger partial charge on any atom is 0.252 e. The van der Waals surface area contributed by atoms with E-state index in [1.807, 2.05) is 31.3 Å². The second-order valence-electron chi connectivity index (χ2n) is 5.45. The quantitative estimate of drug-likeness (QED) is 0.581. The van der Waals surface area contributed by atoms with Crippen molar-refractivity contribution >= 4 is 34.1 Å². The first kappa shape index (κ1) is 18.3. The van der Waals surface area contributed by atoms with Crippen molar-refractivity contribution in [2.75, 3.05) is 6.54 Å². The minimum absolute atomic E-state index is 0.205. The van der Waals surface area contributed by atoms with Crippen molar-refractivity contribution in [1.82, 2.24) is 25.1 Å². The maximum atomic E-state index is 12.2. The van der Waals surface area contributed by atoms with Crippen LogP contribution in [-0.2, 0) is 13.5 Å². The normalized spacial score (nSPS) is 10.5. The Labute approximate surface area is 163 Å². The van der Waals surface area contributed by atoms with Crippen LogP contribution in [0.1, 0.15) is 16.2 Å². The van der Waals surface area contributed by atoms with Crippen molar-refractivity contribution in [3.63, 3.8) is 0 Å². The van der Waals surface area contributed by atoms with Crippen molar-refractivity contribution < 1.29 is 9.53 Å². The number of H-pyrrole nitrogens is 1. The standard InChI is InChI=1S/C17H16BrN5O2S/c1-23-14(21-22-17(23)26)7-8-19-16(24)11-5-6-15(20-10-11)25-13-4-2-3-12(18)9-13/h2-6,9-10H,7-8H2,1H3,(H,19,24)(H,22,26). The van der Waals surface area contributed by atoms with Crippen molar-refractivity contribution in [3.8, 4) is 11.6 Å². The predicted octanol–water partition coefficient (Wildman–Crippen LogP) is 3.40. The van der Waals surface area contributed by atoms with Gasteiger partial charge in [0.25, 0.3) is 5.91 Å². The average molecular weight is 434 g/mol. The van der Waals surface area contributed by atoms with E-state index in [0.29, 0.717) is 34.9 Å². The van der Waals surface area contributed by atoms with Gasteiger partial charge in [-0.2, -0.15) is 5.10 Å². The topological polar surface area (TPSA) is 84.8 Å². The number of aromatic nitrogens is 4. The Kier molecular flexibility index (Phi) is 5.79. The summed E-state index contributed by atoms with van der Waals surface area (Å²) < 4.78 is 8.89. The van der Waals surface area contributed by atoms with Gasteiger partial charge < -0.3 is 14.6 Å².